The van der Waals surface area contributed by atoms with Crippen molar-refractivity contribution in [3.8, 4) is 0 Å². The standard InChI is InChI=1S/C11H17N3OS/c1-7-9(8(2)14-13-7)10(15)12-6-11(16-3)4-5-11/h4-6H2,1-3H3,(H,12,15)(H,13,14). The Bertz CT molecular complexity index is 390. The molecule has 2 N–H and O–H groups in total. The highest BCUT2D eigenvalue weighted by atomic mass is 32.2. The summed E-state index contributed by atoms with van der Waals surface area (Å²) < 4.78 is 0.307. The molecule has 1 fully saturated rings. The van der Waals surface area contributed by atoms with Crippen LogP contribution in [-0.4, -0.2) is 33.7 Å². The lowest BCUT2D eigenvalue weighted by Gasteiger charge is -2.12. The van der Waals surface area contributed by atoms with E-state index in [1.807, 2.05) is 25.6 Å². The van der Waals surface area contributed by atoms with Crippen LogP contribution in [-0.2, 0) is 0 Å². The van der Waals surface area contributed by atoms with E-state index < -0.39 is 0 Å². The third-order valence-electron chi connectivity index (χ3n) is 3.17. The van der Waals surface area contributed by atoms with Gasteiger partial charge in [0.25, 0.3) is 5.91 Å². The quantitative estimate of drug-likeness (QED) is 0.840. The molecule has 1 heterocycles. The number of carbonyl (C=O) groups is 1. The van der Waals surface area contributed by atoms with Crippen LogP contribution in [0.15, 0.2) is 0 Å². The number of carbonyl (C=O) groups excluding carboxylic acids is 1. The van der Waals surface area contributed by atoms with Crippen molar-refractivity contribution in [2.24, 2.45) is 0 Å². The van der Waals surface area contributed by atoms with Crippen molar-refractivity contribution in [2.45, 2.75) is 31.4 Å². The van der Waals surface area contributed by atoms with Crippen LogP contribution in [0.25, 0.3) is 0 Å². The van der Waals surface area contributed by atoms with Crippen LogP contribution in [0.3, 0.4) is 0 Å². The molecule has 88 valence electrons. The van der Waals surface area contributed by atoms with E-state index in [1.54, 1.807) is 0 Å². The van der Waals surface area contributed by atoms with Gasteiger partial charge in [-0.3, -0.25) is 9.89 Å². The Morgan fingerprint density at radius 1 is 1.56 bits per heavy atom. The van der Waals surface area contributed by atoms with Crippen LogP contribution in [0.2, 0.25) is 0 Å². The average molecular weight is 239 g/mol. The van der Waals surface area contributed by atoms with Gasteiger partial charge in [-0.15, -0.1) is 0 Å². The molecule has 5 heteroatoms. The van der Waals surface area contributed by atoms with E-state index in [1.165, 1.54) is 12.8 Å². The van der Waals surface area contributed by atoms with Gasteiger partial charge in [0.1, 0.15) is 0 Å². The molecule has 1 aromatic heterocycles. The summed E-state index contributed by atoms with van der Waals surface area (Å²) in [6, 6.07) is 0. The molecule has 2 rings (SSSR count). The van der Waals surface area contributed by atoms with Crippen molar-refractivity contribution < 1.29 is 4.79 Å². The van der Waals surface area contributed by atoms with E-state index in [9.17, 15) is 4.79 Å². The van der Waals surface area contributed by atoms with Gasteiger partial charge in [-0.05, 0) is 32.9 Å². The minimum absolute atomic E-state index is 0.0101. The van der Waals surface area contributed by atoms with E-state index in [0.717, 1.165) is 17.9 Å². The molecule has 0 spiro atoms. The highest BCUT2D eigenvalue weighted by molar-refractivity contribution is 8.00. The Labute approximate surface area is 99.6 Å². The Morgan fingerprint density at radius 2 is 2.25 bits per heavy atom. The van der Waals surface area contributed by atoms with Gasteiger partial charge in [0, 0.05) is 17.0 Å². The Balaban J connectivity index is 1.98. The fourth-order valence-electron chi connectivity index (χ4n) is 1.81. The molecule has 0 radical (unpaired) electrons. The molecule has 1 aliphatic rings. The first kappa shape index (κ1) is 11.5. The number of H-pyrrole nitrogens is 1. The lowest BCUT2D eigenvalue weighted by molar-refractivity contribution is 0.0952. The maximum Gasteiger partial charge on any atom is 0.255 e. The van der Waals surface area contributed by atoms with Crippen LogP contribution >= 0.6 is 11.8 Å². The fourth-order valence-corrected chi connectivity index (χ4v) is 2.53. The molecule has 4 nitrogen and oxygen atoms in total. The average Bonchev–Trinajstić information content (AvgIpc) is 2.97. The predicted octanol–water partition coefficient (Wildman–Crippen LogP) is 1.65. The first-order valence-corrected chi connectivity index (χ1v) is 6.65. The largest absolute Gasteiger partial charge is 0.351 e. The van der Waals surface area contributed by atoms with Gasteiger partial charge >= 0.3 is 0 Å². The second-order valence-corrected chi connectivity index (χ2v) is 5.65. The highest BCUT2D eigenvalue weighted by Crippen LogP contribution is 2.46. The molecule has 1 aliphatic carbocycles. The van der Waals surface area contributed by atoms with Gasteiger partial charge in [-0.25, -0.2) is 0 Å². The number of rotatable bonds is 4. The van der Waals surface area contributed by atoms with Gasteiger partial charge in [0.2, 0.25) is 0 Å². The number of aryl methyl sites for hydroxylation is 2. The SMILES string of the molecule is CSC1(CNC(=O)c2c(C)n[nH]c2C)CC1. The van der Waals surface area contributed by atoms with Gasteiger partial charge < -0.3 is 5.32 Å². The number of thioether (sulfide) groups is 1. The molecule has 0 unspecified atom stereocenters. The number of hydrogen-bond acceptors (Lipinski definition) is 3. The minimum atomic E-state index is -0.0101. The normalized spacial score (nSPS) is 17.2. The topological polar surface area (TPSA) is 57.8 Å². The third-order valence-corrected chi connectivity index (χ3v) is 4.59. The van der Waals surface area contributed by atoms with Gasteiger partial charge in [0.05, 0.1) is 11.3 Å². The van der Waals surface area contributed by atoms with Gasteiger partial charge in [-0.2, -0.15) is 16.9 Å². The summed E-state index contributed by atoms with van der Waals surface area (Å²) in [6.45, 7) is 4.48. The van der Waals surface area contributed by atoms with Crippen LogP contribution in [0.4, 0.5) is 0 Å². The minimum Gasteiger partial charge on any atom is -0.351 e. The van der Waals surface area contributed by atoms with E-state index in [4.69, 9.17) is 0 Å². The molecular formula is C11H17N3OS. The molecule has 0 saturated heterocycles. The lowest BCUT2D eigenvalue weighted by atomic mass is 10.2. The van der Waals surface area contributed by atoms with Crippen molar-refractivity contribution in [3.63, 3.8) is 0 Å². The summed E-state index contributed by atoms with van der Waals surface area (Å²) in [4.78, 5) is 12.0. The number of aromatic nitrogens is 2. The number of aromatic amines is 1. The second kappa shape index (κ2) is 4.13. The number of nitrogens with one attached hydrogen (secondary N) is 2. The predicted molar refractivity (Wildman–Crippen MR) is 65.9 cm³/mol. The van der Waals surface area contributed by atoms with Crippen molar-refractivity contribution >= 4 is 17.7 Å². The molecule has 0 atom stereocenters. The molecule has 1 amide bonds. The summed E-state index contributed by atoms with van der Waals surface area (Å²) in [5.41, 5.74) is 2.30. The lowest BCUT2D eigenvalue weighted by Crippen LogP contribution is -2.32. The molecule has 0 aliphatic heterocycles. The maximum absolute atomic E-state index is 12.0. The summed E-state index contributed by atoms with van der Waals surface area (Å²) in [5, 5.41) is 9.86. The fraction of sp³-hybridized carbons (Fsp3) is 0.636. The van der Waals surface area contributed by atoms with Crippen LogP contribution < -0.4 is 5.32 Å². The van der Waals surface area contributed by atoms with E-state index in [0.29, 0.717) is 10.3 Å². The summed E-state index contributed by atoms with van der Waals surface area (Å²) >= 11 is 1.85. The molecule has 16 heavy (non-hydrogen) atoms. The van der Waals surface area contributed by atoms with Crippen LogP contribution in [0.1, 0.15) is 34.6 Å². The molecule has 1 aromatic rings. The van der Waals surface area contributed by atoms with Crippen molar-refractivity contribution in [1.82, 2.24) is 15.5 Å². The molecular weight excluding hydrogens is 222 g/mol. The Hall–Kier alpha value is -0.970. The van der Waals surface area contributed by atoms with Crippen molar-refractivity contribution in [1.29, 1.82) is 0 Å². The zero-order valence-electron chi connectivity index (χ0n) is 9.89. The second-order valence-electron chi connectivity index (χ2n) is 4.38. The van der Waals surface area contributed by atoms with E-state index in [-0.39, 0.29) is 5.91 Å². The number of amides is 1. The monoisotopic (exact) mass is 239 g/mol. The maximum atomic E-state index is 12.0. The molecule has 1 saturated carbocycles. The summed E-state index contributed by atoms with van der Waals surface area (Å²) in [6.07, 6.45) is 4.52. The molecule has 0 bridgehead atoms. The summed E-state index contributed by atoms with van der Waals surface area (Å²) in [7, 11) is 0. The molecule has 0 aromatic carbocycles. The first-order chi connectivity index (χ1) is 7.58. The van der Waals surface area contributed by atoms with Crippen molar-refractivity contribution in [3.05, 3.63) is 17.0 Å². The number of hydrogen-bond donors (Lipinski definition) is 2. The van der Waals surface area contributed by atoms with E-state index in [2.05, 4.69) is 21.8 Å². The van der Waals surface area contributed by atoms with Crippen LogP contribution in [0, 0.1) is 13.8 Å². The third kappa shape index (κ3) is 2.09. The zero-order valence-corrected chi connectivity index (χ0v) is 10.7. The van der Waals surface area contributed by atoms with Gasteiger partial charge in [-0.1, -0.05) is 0 Å². The van der Waals surface area contributed by atoms with Crippen LogP contribution in [0.5, 0.6) is 0 Å². The number of nitrogens with zero attached hydrogens (tertiary/aromatic N) is 1. The van der Waals surface area contributed by atoms with Gasteiger partial charge in [0.15, 0.2) is 0 Å². The highest BCUT2D eigenvalue weighted by Gasteiger charge is 2.42. The first-order valence-electron chi connectivity index (χ1n) is 5.43. The summed E-state index contributed by atoms with van der Waals surface area (Å²) in [5.74, 6) is -0.0101. The Kier molecular flexibility index (Phi) is 2.97. The smallest absolute Gasteiger partial charge is 0.255 e. The Morgan fingerprint density at radius 3 is 2.69 bits per heavy atom. The van der Waals surface area contributed by atoms with E-state index >= 15 is 0 Å². The zero-order chi connectivity index (χ0) is 11.8. The van der Waals surface area contributed by atoms with Crippen molar-refractivity contribution in [2.75, 3.05) is 12.8 Å².